The molecule has 0 aliphatic heterocycles. The summed E-state index contributed by atoms with van der Waals surface area (Å²) >= 11 is 6.41. The average molecular weight is 524 g/mol. The number of nitrogens with zero attached hydrogens (tertiary/aromatic N) is 2. The highest BCUT2D eigenvalue weighted by atomic mass is 35.5. The van der Waals surface area contributed by atoms with Gasteiger partial charge in [-0.15, -0.1) is 0 Å². The topological polar surface area (TPSA) is 114 Å². The van der Waals surface area contributed by atoms with E-state index in [4.69, 9.17) is 21.1 Å². The van der Waals surface area contributed by atoms with Crippen molar-refractivity contribution in [2.45, 2.75) is 6.61 Å². The van der Waals surface area contributed by atoms with Crippen LogP contribution in [0.3, 0.4) is 0 Å². The number of fused-ring (bicyclic) bond motifs is 1. The van der Waals surface area contributed by atoms with Crippen molar-refractivity contribution in [2.75, 3.05) is 30.9 Å². The Hall–Kier alpha value is -4.28. The number of methoxy groups -OCH3 is 1. The number of carbonyl (C=O) groups is 2. The normalized spacial score (nSPS) is 10.7. The predicted octanol–water partition coefficient (Wildman–Crippen LogP) is 4.45. The number of aromatic nitrogens is 2. The molecular weight excluding hydrogens is 501 g/mol. The number of carbonyl (C=O) groups excluding carboxylic acids is 2. The first-order valence-corrected chi connectivity index (χ1v) is 11.5. The van der Waals surface area contributed by atoms with Crippen LogP contribution in [0.4, 0.5) is 21.6 Å². The third-order valence-corrected chi connectivity index (χ3v) is 5.41. The Bertz CT molecular complexity index is 1440. The lowest BCUT2D eigenvalue weighted by Gasteiger charge is -2.13. The lowest BCUT2D eigenvalue weighted by atomic mass is 10.2. The molecule has 4 aromatic rings. The third-order valence-electron chi connectivity index (χ3n) is 5.12. The Labute approximate surface area is 217 Å². The summed E-state index contributed by atoms with van der Waals surface area (Å²) in [5, 5.41) is 9.42. The van der Waals surface area contributed by atoms with Gasteiger partial charge in [-0.05, 0) is 54.1 Å². The predicted molar refractivity (Wildman–Crippen MR) is 139 cm³/mol. The van der Waals surface area contributed by atoms with E-state index >= 15 is 0 Å². The second kappa shape index (κ2) is 12.1. The van der Waals surface area contributed by atoms with Crippen LogP contribution in [-0.2, 0) is 20.9 Å². The molecule has 9 nitrogen and oxygen atoms in total. The molecule has 1 aromatic heterocycles. The molecule has 0 spiro atoms. The number of anilines is 3. The molecule has 0 bridgehead atoms. The second-order valence-corrected chi connectivity index (χ2v) is 8.31. The van der Waals surface area contributed by atoms with Crippen LogP contribution in [0.5, 0.6) is 5.75 Å². The molecule has 0 saturated heterocycles. The number of halogens is 2. The van der Waals surface area contributed by atoms with Crippen LogP contribution >= 0.6 is 11.6 Å². The van der Waals surface area contributed by atoms with Crippen LogP contribution in [0.15, 0.2) is 67.0 Å². The van der Waals surface area contributed by atoms with Gasteiger partial charge in [0.25, 0.3) is 0 Å². The third kappa shape index (κ3) is 7.12. The number of hydrogen-bond acceptors (Lipinski definition) is 7. The van der Waals surface area contributed by atoms with E-state index in [0.717, 1.165) is 0 Å². The van der Waals surface area contributed by atoms with Crippen LogP contribution in [-0.4, -0.2) is 42.0 Å². The Morgan fingerprint density at radius 1 is 1.00 bits per heavy atom. The highest BCUT2D eigenvalue weighted by Gasteiger charge is 2.11. The second-order valence-electron chi connectivity index (χ2n) is 7.90. The van der Waals surface area contributed by atoms with Crippen LogP contribution in [0.25, 0.3) is 10.9 Å². The van der Waals surface area contributed by atoms with Crippen molar-refractivity contribution in [3.8, 4) is 5.75 Å². The van der Waals surface area contributed by atoms with Crippen molar-refractivity contribution in [1.29, 1.82) is 0 Å². The van der Waals surface area contributed by atoms with E-state index in [2.05, 4.69) is 25.9 Å². The first-order valence-electron chi connectivity index (χ1n) is 11.2. The van der Waals surface area contributed by atoms with Crippen LogP contribution < -0.4 is 20.7 Å². The number of rotatable bonds is 10. The van der Waals surface area contributed by atoms with Gasteiger partial charge in [-0.2, -0.15) is 0 Å². The molecule has 1 heterocycles. The highest BCUT2D eigenvalue weighted by molar-refractivity contribution is 6.32. The van der Waals surface area contributed by atoms with Crippen molar-refractivity contribution in [2.24, 2.45) is 0 Å². The van der Waals surface area contributed by atoms with Gasteiger partial charge in [0, 0.05) is 23.9 Å². The Balaban J connectivity index is 1.45. The summed E-state index contributed by atoms with van der Waals surface area (Å²) in [6.45, 7) is -0.145. The number of ether oxygens (including phenoxy) is 2. The van der Waals surface area contributed by atoms with Gasteiger partial charge >= 0.3 is 0 Å². The summed E-state index contributed by atoms with van der Waals surface area (Å²) in [5.74, 6) is -0.165. The average Bonchev–Trinajstić information content (AvgIpc) is 2.88. The molecule has 190 valence electrons. The number of amides is 2. The van der Waals surface area contributed by atoms with Gasteiger partial charge in [0.15, 0.2) is 0 Å². The zero-order chi connectivity index (χ0) is 26.2. The van der Waals surface area contributed by atoms with Crippen LogP contribution in [0, 0.1) is 5.82 Å². The van der Waals surface area contributed by atoms with E-state index in [1.807, 2.05) is 0 Å². The van der Waals surface area contributed by atoms with E-state index in [0.29, 0.717) is 44.4 Å². The van der Waals surface area contributed by atoms with Crippen molar-refractivity contribution in [3.05, 3.63) is 83.4 Å². The van der Waals surface area contributed by atoms with Gasteiger partial charge in [-0.25, -0.2) is 14.4 Å². The molecule has 4 rings (SSSR count). The molecule has 0 aliphatic rings. The first-order chi connectivity index (χ1) is 17.9. The monoisotopic (exact) mass is 523 g/mol. The molecule has 0 aliphatic carbocycles. The Kier molecular flexibility index (Phi) is 8.44. The van der Waals surface area contributed by atoms with E-state index in [1.54, 1.807) is 48.5 Å². The summed E-state index contributed by atoms with van der Waals surface area (Å²) in [6, 6.07) is 16.5. The number of hydrogen-bond donors (Lipinski definition) is 3. The number of nitrogens with one attached hydrogen (secondary N) is 3. The lowest BCUT2D eigenvalue weighted by molar-refractivity contribution is -0.127. The number of benzene rings is 3. The first kappa shape index (κ1) is 25.8. The molecule has 11 heteroatoms. The lowest BCUT2D eigenvalue weighted by Crippen LogP contribution is -2.34. The standard InChI is InChI=1S/C26H23ClFN5O4/c1-36-14-25(35)29-12-24(34)32-18-5-7-22-20(10-18)26(31-15-30-22)33-19-6-8-23(21(27)11-19)37-13-16-3-2-4-17(28)9-16/h2-11,15H,12-14H2,1H3,(H,29,35)(H,32,34)(H,30,31,33). The van der Waals surface area contributed by atoms with Gasteiger partial charge in [0.05, 0.1) is 17.1 Å². The van der Waals surface area contributed by atoms with Crippen molar-refractivity contribution in [1.82, 2.24) is 15.3 Å². The fourth-order valence-electron chi connectivity index (χ4n) is 3.42. The molecule has 0 unspecified atom stereocenters. The molecule has 3 aromatic carbocycles. The molecule has 0 saturated carbocycles. The van der Waals surface area contributed by atoms with Gasteiger partial charge in [0.2, 0.25) is 11.8 Å². The SMILES string of the molecule is COCC(=O)NCC(=O)Nc1ccc2ncnc(Nc3ccc(OCc4cccc(F)c4)c(Cl)c3)c2c1. The molecule has 0 fully saturated rings. The fourth-order valence-corrected chi connectivity index (χ4v) is 3.66. The highest BCUT2D eigenvalue weighted by Crippen LogP contribution is 2.31. The maximum Gasteiger partial charge on any atom is 0.246 e. The zero-order valence-electron chi connectivity index (χ0n) is 19.8. The van der Waals surface area contributed by atoms with E-state index in [1.165, 1.54) is 25.6 Å². The quantitative estimate of drug-likeness (QED) is 0.281. The molecule has 0 atom stereocenters. The van der Waals surface area contributed by atoms with Gasteiger partial charge in [0.1, 0.15) is 36.9 Å². The van der Waals surface area contributed by atoms with E-state index in [9.17, 15) is 14.0 Å². The largest absolute Gasteiger partial charge is 0.487 e. The summed E-state index contributed by atoms with van der Waals surface area (Å²) in [6.07, 6.45) is 1.42. The molecule has 0 radical (unpaired) electrons. The summed E-state index contributed by atoms with van der Waals surface area (Å²) in [4.78, 5) is 32.3. The maximum absolute atomic E-state index is 13.4. The summed E-state index contributed by atoms with van der Waals surface area (Å²) in [7, 11) is 1.40. The molecular formula is C26H23ClFN5O4. The summed E-state index contributed by atoms with van der Waals surface area (Å²) < 4.78 is 23.8. The van der Waals surface area contributed by atoms with E-state index < -0.39 is 5.91 Å². The van der Waals surface area contributed by atoms with Gasteiger partial charge in [-0.3, -0.25) is 9.59 Å². The minimum absolute atomic E-state index is 0.125. The van der Waals surface area contributed by atoms with E-state index in [-0.39, 0.29) is 31.5 Å². The van der Waals surface area contributed by atoms with Crippen LogP contribution in [0.1, 0.15) is 5.56 Å². The van der Waals surface area contributed by atoms with Gasteiger partial charge in [-0.1, -0.05) is 23.7 Å². The molecule has 3 N–H and O–H groups in total. The Morgan fingerprint density at radius 2 is 1.84 bits per heavy atom. The maximum atomic E-state index is 13.4. The molecule has 2 amide bonds. The van der Waals surface area contributed by atoms with Crippen molar-refractivity contribution < 1.29 is 23.5 Å². The smallest absolute Gasteiger partial charge is 0.246 e. The van der Waals surface area contributed by atoms with Crippen LogP contribution in [0.2, 0.25) is 5.02 Å². The summed E-state index contributed by atoms with van der Waals surface area (Å²) in [5.41, 5.74) is 2.50. The zero-order valence-corrected chi connectivity index (χ0v) is 20.5. The van der Waals surface area contributed by atoms with Crippen molar-refractivity contribution >= 4 is 51.5 Å². The Morgan fingerprint density at radius 3 is 2.62 bits per heavy atom. The minimum atomic E-state index is -0.393. The van der Waals surface area contributed by atoms with Crippen molar-refractivity contribution in [3.63, 3.8) is 0 Å². The molecule has 37 heavy (non-hydrogen) atoms. The fraction of sp³-hybridized carbons (Fsp3) is 0.154. The van der Waals surface area contributed by atoms with Gasteiger partial charge < -0.3 is 25.4 Å². The minimum Gasteiger partial charge on any atom is -0.487 e.